The molecule has 2 heterocycles. The molecule has 0 bridgehead atoms. The molecule has 0 saturated heterocycles. The zero-order chi connectivity index (χ0) is 36.9. The van der Waals surface area contributed by atoms with Crippen molar-refractivity contribution in [3.8, 4) is 22.4 Å². The summed E-state index contributed by atoms with van der Waals surface area (Å²) in [5.41, 5.74) is 5.97. The minimum absolute atomic E-state index is 0. The van der Waals surface area contributed by atoms with Crippen LogP contribution in [0.4, 0.5) is 0 Å². The quantitative estimate of drug-likeness (QED) is 0.0816. The SMILES string of the molecule is CC(C)Cc1cc2cc(-c3ccnc(-c4[c-]c5ccccc5c(C(C)(C)C)c4)c3)ccc2o1.CCC(C)(CC)C(=O)/C=C(\O)C(C)(CC)CC.[Ir]. The Balaban J connectivity index is 0.000000335. The molecule has 5 rings (SSSR count). The summed E-state index contributed by atoms with van der Waals surface area (Å²) in [7, 11) is 0. The first-order valence-corrected chi connectivity index (χ1v) is 18.5. The van der Waals surface area contributed by atoms with Gasteiger partial charge in [-0.2, -0.15) is 0 Å². The zero-order valence-electron chi connectivity index (χ0n) is 32.7. The Morgan fingerprint density at radius 1 is 0.843 bits per heavy atom. The Kier molecular flexibility index (Phi) is 14.2. The molecule has 4 nitrogen and oxygen atoms in total. The minimum atomic E-state index is -0.337. The Labute approximate surface area is 320 Å². The van der Waals surface area contributed by atoms with Crippen molar-refractivity contribution in [1.82, 2.24) is 4.98 Å². The maximum Gasteiger partial charge on any atom is 0.164 e. The van der Waals surface area contributed by atoms with Gasteiger partial charge in [0, 0.05) is 60.7 Å². The number of allylic oxidation sites excluding steroid dienone is 2. The third-order valence-corrected chi connectivity index (χ3v) is 10.7. The number of aromatic nitrogens is 1. The maximum atomic E-state index is 12.2. The molecule has 1 N–H and O–H groups in total. The van der Waals surface area contributed by atoms with Gasteiger partial charge in [0.05, 0.1) is 0 Å². The Morgan fingerprint density at radius 3 is 2.08 bits per heavy atom. The molecule has 0 aliphatic heterocycles. The number of ketones is 1. The van der Waals surface area contributed by atoms with Gasteiger partial charge in [-0.25, -0.2) is 0 Å². The first kappa shape index (κ1) is 41.9. The van der Waals surface area contributed by atoms with Gasteiger partial charge in [0.2, 0.25) is 0 Å². The zero-order valence-corrected chi connectivity index (χ0v) is 35.1. The Bertz CT molecular complexity index is 1950. The van der Waals surface area contributed by atoms with E-state index in [0.717, 1.165) is 71.0 Å². The van der Waals surface area contributed by atoms with Gasteiger partial charge in [0.1, 0.15) is 17.1 Å². The third kappa shape index (κ3) is 9.87. The molecule has 0 aliphatic rings. The monoisotopic (exact) mass is 865 g/mol. The summed E-state index contributed by atoms with van der Waals surface area (Å²) in [4.78, 5) is 16.9. The average molecular weight is 865 g/mol. The molecule has 5 aromatic rings. The largest absolute Gasteiger partial charge is 0.512 e. The Hall–Kier alpha value is -3.53. The van der Waals surface area contributed by atoms with Crippen LogP contribution >= 0.6 is 0 Å². The summed E-state index contributed by atoms with van der Waals surface area (Å²) in [6.07, 6.45) is 7.61. The number of rotatable bonds is 11. The fourth-order valence-electron chi connectivity index (χ4n) is 6.21. The summed E-state index contributed by atoms with van der Waals surface area (Å²) in [6, 6.07) is 27.2. The number of hydrogen-bond acceptors (Lipinski definition) is 4. The molecule has 0 atom stereocenters. The fraction of sp³-hybridized carbons (Fsp3) is 0.435. The van der Waals surface area contributed by atoms with Crippen LogP contribution in [0.2, 0.25) is 0 Å². The molecule has 5 heteroatoms. The second kappa shape index (κ2) is 17.3. The van der Waals surface area contributed by atoms with Gasteiger partial charge in [-0.15, -0.1) is 29.1 Å². The second-order valence-corrected chi connectivity index (χ2v) is 15.8. The summed E-state index contributed by atoms with van der Waals surface area (Å²) in [5.74, 6) is 1.91. The van der Waals surface area contributed by atoms with E-state index in [1.165, 1.54) is 22.6 Å². The molecule has 1 radical (unpaired) electrons. The van der Waals surface area contributed by atoms with Crippen molar-refractivity contribution in [2.45, 2.75) is 114 Å². The number of furan rings is 1. The van der Waals surface area contributed by atoms with Crippen molar-refractivity contribution >= 4 is 27.5 Å². The maximum absolute atomic E-state index is 12.2. The number of aliphatic hydroxyl groups is 1. The van der Waals surface area contributed by atoms with E-state index in [-0.39, 0.29) is 47.9 Å². The molecule has 275 valence electrons. The third-order valence-electron chi connectivity index (χ3n) is 10.7. The minimum Gasteiger partial charge on any atom is -0.512 e. The normalized spacial score (nSPS) is 12.5. The number of hydrogen-bond donors (Lipinski definition) is 1. The molecule has 0 fully saturated rings. The fourth-order valence-corrected chi connectivity index (χ4v) is 6.21. The Morgan fingerprint density at radius 2 is 1.47 bits per heavy atom. The van der Waals surface area contributed by atoms with Gasteiger partial charge < -0.3 is 9.52 Å². The van der Waals surface area contributed by atoms with E-state index in [1.54, 1.807) is 0 Å². The van der Waals surface area contributed by atoms with Gasteiger partial charge in [-0.05, 0) is 72.4 Å². The number of fused-ring (bicyclic) bond motifs is 2. The molecule has 2 aromatic heterocycles. The van der Waals surface area contributed by atoms with E-state index < -0.39 is 0 Å². The van der Waals surface area contributed by atoms with Crippen LogP contribution < -0.4 is 0 Å². The van der Waals surface area contributed by atoms with E-state index in [9.17, 15) is 9.90 Å². The molecule has 0 spiro atoms. The number of benzene rings is 3. The van der Waals surface area contributed by atoms with Gasteiger partial charge in [0.25, 0.3) is 0 Å². The predicted molar refractivity (Wildman–Crippen MR) is 212 cm³/mol. The second-order valence-electron chi connectivity index (χ2n) is 15.8. The number of pyridine rings is 1. The van der Waals surface area contributed by atoms with Crippen molar-refractivity contribution in [3.63, 3.8) is 0 Å². The van der Waals surface area contributed by atoms with Crippen molar-refractivity contribution < 1.29 is 34.4 Å². The van der Waals surface area contributed by atoms with E-state index in [2.05, 4.69) is 107 Å². The van der Waals surface area contributed by atoms with Gasteiger partial charge in [-0.3, -0.25) is 9.78 Å². The molecular formula is C46H58IrNO3-. The van der Waals surface area contributed by atoms with E-state index in [1.807, 2.05) is 47.7 Å². The van der Waals surface area contributed by atoms with Gasteiger partial charge in [-0.1, -0.05) is 117 Å². The van der Waals surface area contributed by atoms with Crippen LogP contribution in [0.15, 0.2) is 89.2 Å². The molecule has 0 aliphatic carbocycles. The van der Waals surface area contributed by atoms with Crippen LogP contribution in [0.25, 0.3) is 44.1 Å². The molecule has 0 amide bonds. The van der Waals surface area contributed by atoms with Crippen LogP contribution in [-0.2, 0) is 36.7 Å². The van der Waals surface area contributed by atoms with Crippen LogP contribution in [-0.4, -0.2) is 15.9 Å². The van der Waals surface area contributed by atoms with Gasteiger partial charge >= 0.3 is 0 Å². The number of carbonyl (C=O) groups excluding carboxylic acids is 1. The summed E-state index contributed by atoms with van der Waals surface area (Å²) in [6.45, 7) is 23.3. The molecule has 0 unspecified atom stereocenters. The van der Waals surface area contributed by atoms with Crippen LogP contribution in [0, 0.1) is 22.8 Å². The van der Waals surface area contributed by atoms with Crippen LogP contribution in [0.5, 0.6) is 0 Å². The molecular weight excluding hydrogens is 807 g/mol. The standard InChI is InChI=1S/C31H30NO.C15H28O2.Ir/c1-20(2)14-26-17-25-15-21(10-11-30(25)33-26)22-12-13-32-29(19-22)24-16-23-8-6-7-9-27(23)28(18-24)31(3,4)5;1-7-14(5,8-2)12(16)11-13(17)15(6,9-3)10-4;/h6-13,15,17-20H,14H2,1-5H3;11,16H,7-10H2,1-6H3;/q-1;;/b;12-11-;. The summed E-state index contributed by atoms with van der Waals surface area (Å²) in [5, 5.41) is 13.7. The van der Waals surface area contributed by atoms with Crippen molar-refractivity contribution in [2.75, 3.05) is 0 Å². The van der Waals surface area contributed by atoms with E-state index in [4.69, 9.17) is 9.40 Å². The molecule has 3 aromatic carbocycles. The smallest absolute Gasteiger partial charge is 0.164 e. The van der Waals surface area contributed by atoms with Crippen molar-refractivity contribution in [2.24, 2.45) is 16.7 Å². The summed E-state index contributed by atoms with van der Waals surface area (Å²) < 4.78 is 6.03. The predicted octanol–water partition coefficient (Wildman–Crippen LogP) is 13.3. The van der Waals surface area contributed by atoms with E-state index >= 15 is 0 Å². The molecule has 51 heavy (non-hydrogen) atoms. The first-order chi connectivity index (χ1) is 23.6. The van der Waals surface area contributed by atoms with Crippen LogP contribution in [0.1, 0.15) is 113 Å². The average Bonchev–Trinajstić information content (AvgIpc) is 3.51. The molecule has 0 saturated carbocycles. The van der Waals surface area contributed by atoms with Crippen molar-refractivity contribution in [1.29, 1.82) is 0 Å². The van der Waals surface area contributed by atoms with Gasteiger partial charge in [0.15, 0.2) is 5.78 Å². The van der Waals surface area contributed by atoms with E-state index in [0.29, 0.717) is 5.92 Å². The number of aliphatic hydroxyl groups excluding tert-OH is 1. The first-order valence-electron chi connectivity index (χ1n) is 18.5. The topological polar surface area (TPSA) is 63.3 Å². The van der Waals surface area contributed by atoms with Crippen LogP contribution in [0.3, 0.4) is 0 Å². The number of nitrogens with zero attached hydrogens (tertiary/aromatic N) is 1. The van der Waals surface area contributed by atoms with Crippen molar-refractivity contribution in [3.05, 3.63) is 102 Å². The summed E-state index contributed by atoms with van der Waals surface area (Å²) >= 11 is 0. The number of carbonyl (C=O) groups is 1.